The first-order valence-electron chi connectivity index (χ1n) is 6.47. The second-order valence-corrected chi connectivity index (χ2v) is 5.68. The van der Waals surface area contributed by atoms with Gasteiger partial charge in [-0.25, -0.2) is 4.98 Å². The third-order valence-corrected chi connectivity index (χ3v) is 4.06. The van der Waals surface area contributed by atoms with Crippen LogP contribution in [0, 0.1) is 6.92 Å². The van der Waals surface area contributed by atoms with Crippen molar-refractivity contribution in [2.45, 2.75) is 32.2 Å². The van der Waals surface area contributed by atoms with Crippen molar-refractivity contribution in [3.05, 3.63) is 45.9 Å². The summed E-state index contributed by atoms with van der Waals surface area (Å²) in [6, 6.07) is 8.35. The highest BCUT2D eigenvalue weighted by Gasteiger charge is 2.07. The average Bonchev–Trinajstić information content (AvgIpc) is 2.82. The Morgan fingerprint density at radius 1 is 1.32 bits per heavy atom. The van der Waals surface area contributed by atoms with Gasteiger partial charge in [0.15, 0.2) is 0 Å². The van der Waals surface area contributed by atoms with E-state index in [1.807, 2.05) is 19.1 Å². The monoisotopic (exact) mass is 276 g/mol. The lowest BCUT2D eigenvalue weighted by Crippen LogP contribution is -2.23. The summed E-state index contributed by atoms with van der Waals surface area (Å²) in [6.45, 7) is 2.02. The fourth-order valence-electron chi connectivity index (χ4n) is 1.97. The maximum absolute atomic E-state index is 6.16. The van der Waals surface area contributed by atoms with Crippen LogP contribution in [0.25, 0.3) is 0 Å². The van der Waals surface area contributed by atoms with Crippen molar-refractivity contribution in [2.24, 2.45) is 5.73 Å². The van der Waals surface area contributed by atoms with Gasteiger partial charge in [0.1, 0.15) is 5.75 Å². The lowest BCUT2D eigenvalue weighted by Gasteiger charge is -2.10. The Balaban J connectivity index is 1.80. The Labute approximate surface area is 118 Å². The number of hydrogen-bond acceptors (Lipinski definition) is 4. The van der Waals surface area contributed by atoms with Crippen LogP contribution in [-0.2, 0) is 12.8 Å². The van der Waals surface area contributed by atoms with Crippen LogP contribution in [0.1, 0.15) is 22.7 Å². The zero-order chi connectivity index (χ0) is 13.7. The molecule has 0 spiro atoms. The molecule has 2 aromatic rings. The van der Waals surface area contributed by atoms with E-state index in [0.29, 0.717) is 0 Å². The highest BCUT2D eigenvalue weighted by atomic mass is 32.1. The second kappa shape index (κ2) is 6.68. The second-order valence-electron chi connectivity index (χ2n) is 4.73. The quantitative estimate of drug-likeness (QED) is 0.882. The van der Waals surface area contributed by atoms with Gasteiger partial charge in [-0.2, -0.15) is 0 Å². The van der Waals surface area contributed by atoms with Crippen LogP contribution in [0.2, 0.25) is 0 Å². The number of aromatic nitrogens is 1. The van der Waals surface area contributed by atoms with E-state index in [2.05, 4.69) is 22.5 Å². The number of benzene rings is 1. The fourth-order valence-corrected chi connectivity index (χ4v) is 2.83. The van der Waals surface area contributed by atoms with Crippen LogP contribution in [0.4, 0.5) is 0 Å². The lowest BCUT2D eigenvalue weighted by atomic mass is 10.0. The van der Waals surface area contributed by atoms with Gasteiger partial charge in [-0.1, -0.05) is 12.1 Å². The van der Waals surface area contributed by atoms with Crippen molar-refractivity contribution in [1.29, 1.82) is 0 Å². The van der Waals surface area contributed by atoms with Crippen LogP contribution in [-0.4, -0.2) is 18.1 Å². The summed E-state index contributed by atoms with van der Waals surface area (Å²) < 4.78 is 5.14. The van der Waals surface area contributed by atoms with E-state index >= 15 is 0 Å². The van der Waals surface area contributed by atoms with Gasteiger partial charge in [-0.05, 0) is 37.5 Å². The van der Waals surface area contributed by atoms with Gasteiger partial charge in [0.05, 0.1) is 12.1 Å². The highest BCUT2D eigenvalue weighted by Crippen LogP contribution is 2.15. The van der Waals surface area contributed by atoms with E-state index in [-0.39, 0.29) is 6.04 Å². The summed E-state index contributed by atoms with van der Waals surface area (Å²) >= 11 is 1.70. The zero-order valence-electron chi connectivity index (χ0n) is 11.4. The SMILES string of the molecule is COc1ccc(CCC(N)Cc2nc(C)cs2)cc1. The zero-order valence-corrected chi connectivity index (χ0v) is 12.2. The molecule has 2 rings (SSSR count). The molecule has 0 saturated carbocycles. The molecule has 0 aliphatic heterocycles. The molecule has 1 unspecified atom stereocenters. The molecule has 102 valence electrons. The van der Waals surface area contributed by atoms with Gasteiger partial charge >= 0.3 is 0 Å². The van der Waals surface area contributed by atoms with E-state index in [4.69, 9.17) is 10.5 Å². The van der Waals surface area contributed by atoms with Gasteiger partial charge in [0, 0.05) is 23.5 Å². The van der Waals surface area contributed by atoms with Crippen molar-refractivity contribution < 1.29 is 4.74 Å². The minimum Gasteiger partial charge on any atom is -0.497 e. The predicted octanol–water partition coefficient (Wildman–Crippen LogP) is 2.96. The average molecular weight is 276 g/mol. The number of hydrogen-bond donors (Lipinski definition) is 1. The first-order chi connectivity index (χ1) is 9.17. The molecule has 1 heterocycles. The van der Waals surface area contributed by atoms with Crippen molar-refractivity contribution in [1.82, 2.24) is 4.98 Å². The number of methoxy groups -OCH3 is 1. The Kier molecular flexibility index (Phi) is 4.93. The van der Waals surface area contributed by atoms with Gasteiger partial charge < -0.3 is 10.5 Å². The molecule has 0 radical (unpaired) electrons. The largest absolute Gasteiger partial charge is 0.497 e. The molecule has 3 nitrogen and oxygen atoms in total. The first-order valence-corrected chi connectivity index (χ1v) is 7.35. The first kappa shape index (κ1) is 14.0. The van der Waals surface area contributed by atoms with Gasteiger partial charge in [0.2, 0.25) is 0 Å². The van der Waals surface area contributed by atoms with Crippen molar-refractivity contribution in [3.63, 3.8) is 0 Å². The van der Waals surface area contributed by atoms with Crippen molar-refractivity contribution in [3.8, 4) is 5.75 Å². The minimum absolute atomic E-state index is 0.174. The predicted molar refractivity (Wildman–Crippen MR) is 79.8 cm³/mol. The standard InChI is InChI=1S/C15H20N2OS/c1-11-10-19-15(17-11)9-13(16)6-3-12-4-7-14(18-2)8-5-12/h4-5,7-8,10,13H,3,6,9,16H2,1-2H3. The molecule has 2 N–H and O–H groups in total. The normalized spacial score (nSPS) is 12.4. The molecule has 0 aliphatic carbocycles. The molecule has 4 heteroatoms. The molecule has 1 atom stereocenters. The molecule has 1 aromatic carbocycles. The van der Waals surface area contributed by atoms with Crippen molar-refractivity contribution in [2.75, 3.05) is 7.11 Å². The van der Waals surface area contributed by atoms with Gasteiger partial charge in [-0.15, -0.1) is 11.3 Å². The Morgan fingerprint density at radius 3 is 2.63 bits per heavy atom. The molecule has 0 amide bonds. The summed E-state index contributed by atoms with van der Waals surface area (Å²) in [6.07, 6.45) is 2.84. The fraction of sp³-hybridized carbons (Fsp3) is 0.400. The molecule has 0 fully saturated rings. The summed E-state index contributed by atoms with van der Waals surface area (Å²) in [5.74, 6) is 0.895. The molecular formula is C15H20N2OS. The van der Waals surface area contributed by atoms with Crippen LogP contribution >= 0.6 is 11.3 Å². The molecule has 0 aliphatic rings. The topological polar surface area (TPSA) is 48.1 Å². The van der Waals surface area contributed by atoms with E-state index in [1.165, 1.54) is 5.56 Å². The third-order valence-electron chi connectivity index (χ3n) is 3.07. The van der Waals surface area contributed by atoms with Crippen LogP contribution in [0.5, 0.6) is 5.75 Å². The van der Waals surface area contributed by atoms with Crippen LogP contribution < -0.4 is 10.5 Å². The maximum Gasteiger partial charge on any atom is 0.118 e. The number of nitrogens with two attached hydrogens (primary N) is 1. The molecular weight excluding hydrogens is 256 g/mol. The van der Waals surface area contributed by atoms with Crippen LogP contribution in [0.3, 0.4) is 0 Å². The van der Waals surface area contributed by atoms with Gasteiger partial charge in [-0.3, -0.25) is 0 Å². The maximum atomic E-state index is 6.16. The van der Waals surface area contributed by atoms with E-state index in [1.54, 1.807) is 18.4 Å². The molecule has 1 aromatic heterocycles. The van der Waals surface area contributed by atoms with E-state index < -0.39 is 0 Å². The highest BCUT2D eigenvalue weighted by molar-refractivity contribution is 7.09. The molecule has 0 saturated heterocycles. The molecule has 19 heavy (non-hydrogen) atoms. The Hall–Kier alpha value is -1.39. The molecule has 0 bridgehead atoms. The van der Waals surface area contributed by atoms with Crippen molar-refractivity contribution >= 4 is 11.3 Å². The number of rotatable bonds is 6. The number of nitrogens with zero attached hydrogens (tertiary/aromatic N) is 1. The minimum atomic E-state index is 0.174. The summed E-state index contributed by atoms with van der Waals surface area (Å²) in [4.78, 5) is 4.45. The third kappa shape index (κ3) is 4.33. The number of ether oxygens (including phenoxy) is 1. The summed E-state index contributed by atoms with van der Waals surface area (Å²) in [5.41, 5.74) is 8.54. The number of thiazole rings is 1. The summed E-state index contributed by atoms with van der Waals surface area (Å²) in [7, 11) is 1.68. The van der Waals surface area contributed by atoms with E-state index in [0.717, 1.165) is 35.7 Å². The smallest absolute Gasteiger partial charge is 0.118 e. The van der Waals surface area contributed by atoms with E-state index in [9.17, 15) is 0 Å². The van der Waals surface area contributed by atoms with Crippen LogP contribution in [0.15, 0.2) is 29.6 Å². The number of aryl methyl sites for hydroxylation is 2. The Bertz CT molecular complexity index is 507. The summed E-state index contributed by atoms with van der Waals surface area (Å²) in [5, 5.41) is 3.21. The lowest BCUT2D eigenvalue weighted by molar-refractivity contribution is 0.414. The van der Waals surface area contributed by atoms with Gasteiger partial charge in [0.25, 0.3) is 0 Å². The Morgan fingerprint density at radius 2 is 2.05 bits per heavy atom.